The van der Waals surface area contributed by atoms with Gasteiger partial charge in [-0.1, -0.05) is 0 Å². The van der Waals surface area contributed by atoms with E-state index in [2.05, 4.69) is 30.2 Å². The summed E-state index contributed by atoms with van der Waals surface area (Å²) in [6.45, 7) is -0.481. The molecule has 0 bridgehead atoms. The fourth-order valence-electron chi connectivity index (χ4n) is 2.80. The molecule has 2 atom stereocenters. The zero-order valence-electron chi connectivity index (χ0n) is 14.2. The second-order valence-corrected chi connectivity index (χ2v) is 6.28. The molecule has 142 valence electrons. The molecule has 0 spiro atoms. The van der Waals surface area contributed by atoms with E-state index in [0.29, 0.717) is 6.42 Å². The van der Waals surface area contributed by atoms with Crippen molar-refractivity contribution in [2.75, 3.05) is 25.5 Å². The minimum Gasteiger partial charge on any atom is -0.470 e. The summed E-state index contributed by atoms with van der Waals surface area (Å²) >= 11 is 0. The number of likely N-dealkylation sites (tertiary alicyclic amines) is 1. The van der Waals surface area contributed by atoms with Gasteiger partial charge in [0.05, 0.1) is 12.4 Å². The molecule has 26 heavy (non-hydrogen) atoms. The number of H-pyrrole nitrogens is 1. The van der Waals surface area contributed by atoms with Gasteiger partial charge in [-0.25, -0.2) is 4.39 Å². The van der Waals surface area contributed by atoms with E-state index in [4.69, 9.17) is 4.74 Å². The highest BCUT2D eigenvalue weighted by Gasteiger charge is 2.41. The number of rotatable bonds is 6. The first-order valence-corrected chi connectivity index (χ1v) is 7.95. The van der Waals surface area contributed by atoms with Gasteiger partial charge in [-0.15, -0.1) is 5.10 Å². The van der Waals surface area contributed by atoms with Gasteiger partial charge in [0.25, 0.3) is 0 Å². The Morgan fingerprint density at radius 3 is 2.92 bits per heavy atom. The van der Waals surface area contributed by atoms with E-state index in [1.165, 1.54) is 25.4 Å². The Balaban J connectivity index is 1.65. The number of hydrogen-bond acceptors (Lipinski definition) is 7. The minimum absolute atomic E-state index is 0.164. The van der Waals surface area contributed by atoms with Crippen molar-refractivity contribution < 1.29 is 22.6 Å². The Hall–Kier alpha value is -2.56. The SMILES string of the molecule is CN1CC[C@H](Oc2cncc(Nc3cc(OC(F)F)n[nH]3)n2)[C@](C)(F)C1. The van der Waals surface area contributed by atoms with Crippen molar-refractivity contribution in [1.82, 2.24) is 25.1 Å². The van der Waals surface area contributed by atoms with E-state index in [-0.39, 0.29) is 29.9 Å². The van der Waals surface area contributed by atoms with Gasteiger partial charge in [0.1, 0.15) is 11.9 Å². The third-order valence-electron chi connectivity index (χ3n) is 3.93. The lowest BCUT2D eigenvalue weighted by Crippen LogP contribution is -2.53. The molecular formula is C15H19F3N6O2. The summed E-state index contributed by atoms with van der Waals surface area (Å²) in [5.41, 5.74) is -1.51. The van der Waals surface area contributed by atoms with E-state index in [1.54, 1.807) is 0 Å². The largest absolute Gasteiger partial charge is 0.470 e. The molecule has 0 amide bonds. The van der Waals surface area contributed by atoms with Crippen LogP contribution in [-0.4, -0.2) is 63.6 Å². The van der Waals surface area contributed by atoms with Crippen molar-refractivity contribution >= 4 is 11.6 Å². The summed E-state index contributed by atoms with van der Waals surface area (Å²) < 4.78 is 48.9. The highest BCUT2D eigenvalue weighted by molar-refractivity contribution is 5.52. The van der Waals surface area contributed by atoms with Crippen molar-refractivity contribution in [3.8, 4) is 11.8 Å². The van der Waals surface area contributed by atoms with Crippen molar-refractivity contribution in [2.45, 2.75) is 31.7 Å². The topological polar surface area (TPSA) is 88.2 Å². The van der Waals surface area contributed by atoms with Crippen LogP contribution in [0.5, 0.6) is 11.8 Å². The first-order valence-electron chi connectivity index (χ1n) is 7.95. The van der Waals surface area contributed by atoms with Gasteiger partial charge in [0.2, 0.25) is 11.8 Å². The van der Waals surface area contributed by atoms with E-state index < -0.39 is 18.4 Å². The molecule has 0 radical (unpaired) electrons. The summed E-state index contributed by atoms with van der Waals surface area (Å²) in [7, 11) is 1.86. The van der Waals surface area contributed by atoms with Crippen molar-refractivity contribution in [1.29, 1.82) is 0 Å². The van der Waals surface area contributed by atoms with Crippen molar-refractivity contribution in [2.24, 2.45) is 0 Å². The van der Waals surface area contributed by atoms with Gasteiger partial charge < -0.3 is 19.7 Å². The Kier molecular flexibility index (Phi) is 5.16. The molecular weight excluding hydrogens is 353 g/mol. The molecule has 1 aliphatic heterocycles. The average Bonchev–Trinajstić information content (AvgIpc) is 2.96. The molecule has 1 aliphatic rings. The smallest absolute Gasteiger partial charge is 0.388 e. The van der Waals surface area contributed by atoms with Gasteiger partial charge in [-0.3, -0.25) is 10.1 Å². The molecule has 3 rings (SSSR count). The summed E-state index contributed by atoms with van der Waals surface area (Å²) in [5, 5.41) is 8.86. The number of nitrogens with one attached hydrogen (secondary N) is 2. The van der Waals surface area contributed by atoms with Crippen LogP contribution < -0.4 is 14.8 Å². The van der Waals surface area contributed by atoms with E-state index in [9.17, 15) is 13.2 Å². The lowest BCUT2D eigenvalue weighted by Gasteiger charge is -2.39. The number of alkyl halides is 3. The summed E-state index contributed by atoms with van der Waals surface area (Å²) in [6, 6.07) is 1.25. The van der Waals surface area contributed by atoms with E-state index in [0.717, 1.165) is 6.54 Å². The number of halogens is 3. The fraction of sp³-hybridized carbons (Fsp3) is 0.533. The van der Waals surface area contributed by atoms with Crippen LogP contribution in [0.3, 0.4) is 0 Å². The number of nitrogens with zero attached hydrogens (tertiary/aromatic N) is 4. The third kappa shape index (κ3) is 4.54. The standard InChI is InChI=1S/C15H19F3N6O2/c1-15(18)8-24(2)4-3-9(15)25-13-7-19-6-11(21-13)20-10-5-12(23-22-10)26-14(16)17/h5-7,9,14H,3-4,8H2,1-2H3,(H2,20,21,22,23)/t9-,15+/m0/s1. The monoisotopic (exact) mass is 372 g/mol. The van der Waals surface area contributed by atoms with Crippen LogP contribution in [0.1, 0.15) is 13.3 Å². The van der Waals surface area contributed by atoms with Gasteiger partial charge in [-0.05, 0) is 14.0 Å². The zero-order valence-corrected chi connectivity index (χ0v) is 14.2. The molecule has 2 aromatic heterocycles. The van der Waals surface area contributed by atoms with Crippen LogP contribution in [-0.2, 0) is 0 Å². The van der Waals surface area contributed by atoms with Crippen LogP contribution in [0.2, 0.25) is 0 Å². The fourth-order valence-corrected chi connectivity index (χ4v) is 2.80. The van der Waals surface area contributed by atoms with Crippen LogP contribution in [0.15, 0.2) is 18.5 Å². The minimum atomic E-state index is -2.97. The number of anilines is 2. The van der Waals surface area contributed by atoms with Crippen LogP contribution in [0.25, 0.3) is 0 Å². The second-order valence-electron chi connectivity index (χ2n) is 6.28. The summed E-state index contributed by atoms with van der Waals surface area (Å²) in [4.78, 5) is 10.1. The predicted octanol–water partition coefficient (Wildman–Crippen LogP) is 2.36. The van der Waals surface area contributed by atoms with Gasteiger partial charge >= 0.3 is 6.61 Å². The highest BCUT2D eigenvalue weighted by Crippen LogP contribution is 2.28. The molecule has 2 aromatic rings. The molecule has 0 aliphatic carbocycles. The normalized spacial score (nSPS) is 23.8. The number of aromatic amines is 1. The van der Waals surface area contributed by atoms with E-state index >= 15 is 0 Å². The number of piperidine rings is 1. The molecule has 1 fully saturated rings. The number of hydrogen-bond donors (Lipinski definition) is 2. The Labute approximate surface area is 147 Å². The average molecular weight is 372 g/mol. The number of aromatic nitrogens is 4. The number of ether oxygens (including phenoxy) is 2. The van der Waals surface area contributed by atoms with Crippen molar-refractivity contribution in [3.63, 3.8) is 0 Å². The van der Waals surface area contributed by atoms with Crippen LogP contribution in [0.4, 0.5) is 24.8 Å². The van der Waals surface area contributed by atoms with Gasteiger partial charge in [0.15, 0.2) is 11.5 Å². The Morgan fingerprint density at radius 2 is 2.19 bits per heavy atom. The molecule has 1 saturated heterocycles. The first kappa shape index (κ1) is 18.2. The molecule has 0 unspecified atom stereocenters. The molecule has 0 aromatic carbocycles. The quantitative estimate of drug-likeness (QED) is 0.805. The maximum atomic E-state index is 14.7. The second kappa shape index (κ2) is 7.36. The van der Waals surface area contributed by atoms with Crippen LogP contribution >= 0.6 is 0 Å². The highest BCUT2D eigenvalue weighted by atomic mass is 19.3. The molecule has 0 saturated carbocycles. The summed E-state index contributed by atoms with van der Waals surface area (Å²) in [6.07, 6.45) is 2.68. The summed E-state index contributed by atoms with van der Waals surface area (Å²) in [5.74, 6) is 0.462. The Bertz CT molecular complexity index is 742. The van der Waals surface area contributed by atoms with Crippen molar-refractivity contribution in [3.05, 3.63) is 18.5 Å². The molecule has 3 heterocycles. The van der Waals surface area contributed by atoms with Crippen LogP contribution in [0, 0.1) is 0 Å². The van der Waals surface area contributed by atoms with Gasteiger partial charge in [-0.2, -0.15) is 13.8 Å². The maximum absolute atomic E-state index is 14.7. The first-order chi connectivity index (χ1) is 12.3. The lowest BCUT2D eigenvalue weighted by atomic mass is 9.93. The Morgan fingerprint density at radius 1 is 1.38 bits per heavy atom. The predicted molar refractivity (Wildman–Crippen MR) is 86.6 cm³/mol. The lowest BCUT2D eigenvalue weighted by molar-refractivity contribution is -0.0528. The van der Waals surface area contributed by atoms with E-state index in [1.807, 2.05) is 11.9 Å². The third-order valence-corrected chi connectivity index (χ3v) is 3.93. The molecule has 2 N–H and O–H groups in total. The molecule has 8 nitrogen and oxygen atoms in total. The molecule has 11 heteroatoms. The maximum Gasteiger partial charge on any atom is 0.388 e. The van der Waals surface area contributed by atoms with Gasteiger partial charge in [0, 0.05) is 25.6 Å². The zero-order chi connectivity index (χ0) is 18.7.